The number of carbonyl (C=O) groups excluding carboxylic acids is 1. The van der Waals surface area contributed by atoms with E-state index in [0.717, 1.165) is 31.4 Å². The van der Waals surface area contributed by atoms with Crippen molar-refractivity contribution >= 4 is 5.91 Å². The number of carbonyl (C=O) groups is 1. The predicted molar refractivity (Wildman–Crippen MR) is 141 cm³/mol. The first kappa shape index (κ1) is 31.8. The van der Waals surface area contributed by atoms with Crippen LogP contribution in [0.25, 0.3) is 0 Å². The van der Waals surface area contributed by atoms with Crippen molar-refractivity contribution in [3.63, 3.8) is 0 Å². The first-order valence-electron chi connectivity index (χ1n) is 13.6. The third-order valence-electron chi connectivity index (χ3n) is 7.35. The molecule has 1 aliphatic heterocycles. The number of rotatable bonds is 14. The Labute approximate surface area is 228 Å². The minimum atomic E-state index is -1.32. The molecule has 15 N–H and O–H groups in total. The largest absolute Gasteiger partial charge is 0.389 e. The van der Waals surface area contributed by atoms with Crippen LogP contribution in [0.5, 0.6) is 0 Å². The lowest BCUT2D eigenvalue weighted by Gasteiger charge is -2.46. The molecule has 2 aliphatic rings. The molecule has 1 saturated carbocycles. The van der Waals surface area contributed by atoms with E-state index in [9.17, 15) is 20.1 Å². The average molecular weight is 559 g/mol. The van der Waals surface area contributed by atoms with E-state index in [2.05, 4.69) is 15.3 Å². The molecule has 0 aromatic carbocycles. The molecule has 0 spiro atoms. The van der Waals surface area contributed by atoms with E-state index in [-0.39, 0.29) is 18.9 Å². The molecule has 11 atom stereocenters. The van der Waals surface area contributed by atoms with Crippen molar-refractivity contribution < 1.29 is 34.3 Å². The van der Waals surface area contributed by atoms with Gasteiger partial charge in [0.1, 0.15) is 30.5 Å². The van der Waals surface area contributed by atoms with Gasteiger partial charge in [0.25, 0.3) is 0 Å². The van der Waals surface area contributed by atoms with Crippen LogP contribution in [0.1, 0.15) is 37.8 Å². The standard InChI is InChI=1S/C24H46N8O7/c25-9-16-22(19(34)17(29)24(38-16)39-21-14(27)8-13(26)18(33)20(21)35)37-6-4-2-1-3-5-31-23(36)15(28)7-12-10-30-11-32-12/h10-11,13-22,24,33-35H,1-9,25-29H2,(H,30,32)(H,31,36)/t13?,14?,15-,16-,17-,18?,19-,20?,21?,22-,24-/m1/s1. The Balaban J connectivity index is 1.34. The van der Waals surface area contributed by atoms with Crippen LogP contribution in [-0.2, 0) is 25.4 Å². The number of imidazole rings is 1. The van der Waals surface area contributed by atoms with Crippen molar-refractivity contribution in [2.45, 2.75) is 106 Å². The minimum absolute atomic E-state index is 0.0449. The summed E-state index contributed by atoms with van der Waals surface area (Å²) in [6, 6.07) is -2.95. The Hall–Kier alpha value is -1.76. The summed E-state index contributed by atoms with van der Waals surface area (Å²) in [5, 5.41) is 34.2. The van der Waals surface area contributed by atoms with E-state index in [1.54, 1.807) is 12.5 Å². The Morgan fingerprint density at radius 3 is 2.54 bits per heavy atom. The highest BCUT2D eigenvalue weighted by molar-refractivity contribution is 5.81. The summed E-state index contributed by atoms with van der Waals surface area (Å²) in [6.07, 6.45) is -0.135. The fourth-order valence-electron chi connectivity index (χ4n) is 4.95. The van der Waals surface area contributed by atoms with Gasteiger partial charge in [0.2, 0.25) is 5.91 Å². The second kappa shape index (κ2) is 15.3. The predicted octanol–water partition coefficient (Wildman–Crippen LogP) is -4.12. The Kier molecular flexibility index (Phi) is 12.5. The first-order valence-corrected chi connectivity index (χ1v) is 13.6. The quantitative estimate of drug-likeness (QED) is 0.0973. The van der Waals surface area contributed by atoms with Crippen LogP contribution in [0.15, 0.2) is 12.5 Å². The molecule has 3 rings (SSSR count). The normalized spacial score (nSPS) is 36.0. The van der Waals surface area contributed by atoms with Gasteiger partial charge in [0.05, 0.1) is 24.5 Å². The number of hydrogen-bond donors (Lipinski definition) is 10. The highest BCUT2D eigenvalue weighted by Gasteiger charge is 2.48. The zero-order valence-corrected chi connectivity index (χ0v) is 22.2. The SMILES string of the molecule is NC[C@H]1O[C@H](OC2C(N)CC(N)C(O)C2O)[C@H](N)[C@@H](O)[C@@H]1OCCCCCCNC(=O)[C@H](N)Cc1cnc[nH]1. The van der Waals surface area contributed by atoms with Gasteiger partial charge in [-0.2, -0.15) is 0 Å². The maximum atomic E-state index is 12.1. The van der Waals surface area contributed by atoms with E-state index < -0.39 is 67.1 Å². The van der Waals surface area contributed by atoms with Crippen molar-refractivity contribution in [3.05, 3.63) is 18.2 Å². The van der Waals surface area contributed by atoms with Crippen molar-refractivity contribution in [2.75, 3.05) is 19.7 Å². The zero-order valence-electron chi connectivity index (χ0n) is 22.2. The van der Waals surface area contributed by atoms with Crippen molar-refractivity contribution in [1.29, 1.82) is 0 Å². The average Bonchev–Trinajstić information content (AvgIpc) is 3.42. The summed E-state index contributed by atoms with van der Waals surface area (Å²) in [5.74, 6) is -0.203. The summed E-state index contributed by atoms with van der Waals surface area (Å²) >= 11 is 0. The number of nitrogens with zero attached hydrogens (tertiary/aromatic N) is 1. The molecule has 5 unspecified atom stereocenters. The molecular formula is C24H46N8O7. The summed E-state index contributed by atoms with van der Waals surface area (Å²) in [4.78, 5) is 18.9. The summed E-state index contributed by atoms with van der Waals surface area (Å²) in [6.45, 7) is 0.931. The van der Waals surface area contributed by atoms with E-state index in [4.69, 9.17) is 42.9 Å². The first-order chi connectivity index (χ1) is 18.6. The molecule has 1 amide bonds. The van der Waals surface area contributed by atoms with Gasteiger partial charge in [-0.25, -0.2) is 4.98 Å². The van der Waals surface area contributed by atoms with Gasteiger partial charge in [0, 0.05) is 50.1 Å². The number of aliphatic hydroxyl groups excluding tert-OH is 3. The molecule has 39 heavy (non-hydrogen) atoms. The molecule has 1 aromatic rings. The lowest BCUT2D eigenvalue weighted by molar-refractivity contribution is -0.293. The van der Waals surface area contributed by atoms with Crippen LogP contribution in [0.2, 0.25) is 0 Å². The van der Waals surface area contributed by atoms with Crippen molar-refractivity contribution in [3.8, 4) is 0 Å². The molecule has 2 heterocycles. The van der Waals surface area contributed by atoms with Gasteiger partial charge in [-0.05, 0) is 19.3 Å². The molecule has 0 bridgehead atoms. The van der Waals surface area contributed by atoms with E-state index >= 15 is 0 Å². The van der Waals surface area contributed by atoms with Gasteiger partial charge >= 0.3 is 0 Å². The second-order valence-electron chi connectivity index (χ2n) is 10.4. The number of aromatic amines is 1. The van der Waals surface area contributed by atoms with Crippen LogP contribution in [-0.4, -0.2) is 118 Å². The van der Waals surface area contributed by atoms with Gasteiger partial charge in [0.15, 0.2) is 6.29 Å². The maximum absolute atomic E-state index is 12.1. The second-order valence-corrected chi connectivity index (χ2v) is 10.4. The molecule has 2 fully saturated rings. The van der Waals surface area contributed by atoms with Gasteiger partial charge in [-0.1, -0.05) is 12.8 Å². The number of nitrogens with two attached hydrogens (primary N) is 5. The highest BCUT2D eigenvalue weighted by Crippen LogP contribution is 2.28. The number of aromatic nitrogens is 2. The maximum Gasteiger partial charge on any atom is 0.237 e. The van der Waals surface area contributed by atoms with E-state index in [0.29, 0.717) is 19.6 Å². The van der Waals surface area contributed by atoms with Gasteiger partial charge < -0.3 is 68.5 Å². The van der Waals surface area contributed by atoms with Crippen LogP contribution < -0.4 is 34.0 Å². The fraction of sp³-hybridized carbons (Fsp3) is 0.833. The summed E-state index contributed by atoms with van der Waals surface area (Å²) in [7, 11) is 0. The molecule has 15 nitrogen and oxygen atoms in total. The molecule has 1 aliphatic carbocycles. The van der Waals surface area contributed by atoms with Crippen LogP contribution >= 0.6 is 0 Å². The molecule has 0 radical (unpaired) electrons. The summed E-state index contributed by atoms with van der Waals surface area (Å²) < 4.78 is 17.6. The number of amides is 1. The monoisotopic (exact) mass is 558 g/mol. The minimum Gasteiger partial charge on any atom is -0.389 e. The molecule has 1 saturated heterocycles. The third-order valence-corrected chi connectivity index (χ3v) is 7.35. The third kappa shape index (κ3) is 8.61. The Morgan fingerprint density at radius 1 is 1.10 bits per heavy atom. The van der Waals surface area contributed by atoms with Crippen LogP contribution in [0, 0.1) is 0 Å². The number of hydrogen-bond acceptors (Lipinski definition) is 13. The number of ether oxygens (including phenoxy) is 3. The number of H-pyrrole nitrogens is 1. The lowest BCUT2D eigenvalue weighted by Crippen LogP contribution is -2.67. The van der Waals surface area contributed by atoms with Crippen LogP contribution in [0.3, 0.4) is 0 Å². The van der Waals surface area contributed by atoms with Crippen molar-refractivity contribution in [1.82, 2.24) is 15.3 Å². The number of nitrogens with one attached hydrogen (secondary N) is 2. The number of aliphatic hydroxyl groups is 3. The smallest absolute Gasteiger partial charge is 0.237 e. The molecule has 1 aromatic heterocycles. The van der Waals surface area contributed by atoms with E-state index in [1.807, 2.05) is 0 Å². The molecule has 15 heteroatoms. The fourth-order valence-corrected chi connectivity index (χ4v) is 4.95. The number of unbranched alkanes of at least 4 members (excludes halogenated alkanes) is 3. The van der Waals surface area contributed by atoms with E-state index in [1.165, 1.54) is 0 Å². The van der Waals surface area contributed by atoms with Crippen LogP contribution in [0.4, 0.5) is 0 Å². The lowest BCUT2D eigenvalue weighted by atomic mass is 9.84. The summed E-state index contributed by atoms with van der Waals surface area (Å²) in [5.41, 5.74) is 30.7. The van der Waals surface area contributed by atoms with Crippen molar-refractivity contribution in [2.24, 2.45) is 28.7 Å². The van der Waals surface area contributed by atoms with Gasteiger partial charge in [-0.15, -0.1) is 0 Å². The Morgan fingerprint density at radius 2 is 1.85 bits per heavy atom. The molecular weight excluding hydrogens is 512 g/mol. The van der Waals surface area contributed by atoms with Gasteiger partial charge in [-0.3, -0.25) is 4.79 Å². The molecule has 224 valence electrons. The highest BCUT2D eigenvalue weighted by atomic mass is 16.7. The Bertz CT molecular complexity index is 850. The zero-order chi connectivity index (χ0) is 28.5. The topological polar surface area (TPSA) is 276 Å².